The first-order chi connectivity index (χ1) is 13.5. The molecule has 1 aromatic heterocycles. The lowest BCUT2D eigenvalue weighted by Gasteiger charge is -2.27. The number of aromatic nitrogens is 2. The van der Waals surface area contributed by atoms with Gasteiger partial charge in [0.2, 0.25) is 5.91 Å². The van der Waals surface area contributed by atoms with Gasteiger partial charge >= 0.3 is 0 Å². The number of thioether (sulfide) groups is 1. The summed E-state index contributed by atoms with van der Waals surface area (Å²) in [4.78, 5) is 33.7. The highest BCUT2D eigenvalue weighted by atomic mass is 32.2. The number of hydrogen-bond acceptors (Lipinski definition) is 6. The first-order valence-corrected chi connectivity index (χ1v) is 10.0. The van der Waals surface area contributed by atoms with Crippen molar-refractivity contribution in [2.24, 2.45) is 0 Å². The van der Waals surface area contributed by atoms with E-state index >= 15 is 0 Å². The van der Waals surface area contributed by atoms with E-state index in [1.54, 1.807) is 19.2 Å². The summed E-state index contributed by atoms with van der Waals surface area (Å²) in [7, 11) is 1.57. The zero-order valence-electron chi connectivity index (χ0n) is 15.7. The fourth-order valence-electron chi connectivity index (χ4n) is 2.99. The fourth-order valence-corrected chi connectivity index (χ4v) is 3.70. The number of rotatable bonds is 8. The molecule has 1 aliphatic heterocycles. The van der Waals surface area contributed by atoms with E-state index in [1.807, 2.05) is 0 Å². The van der Waals surface area contributed by atoms with Crippen molar-refractivity contribution in [3.05, 3.63) is 57.3 Å². The summed E-state index contributed by atoms with van der Waals surface area (Å²) in [5, 5.41) is 3.18. The van der Waals surface area contributed by atoms with Gasteiger partial charge in [-0.05, 0) is 17.7 Å². The first-order valence-electron chi connectivity index (χ1n) is 9.02. The zero-order valence-corrected chi connectivity index (χ0v) is 16.5. The molecule has 0 saturated heterocycles. The minimum absolute atomic E-state index is 0.132. The molecular formula is C19H23FN4O3S. The molecule has 9 heteroatoms. The Hall–Kier alpha value is -2.23. The number of amides is 1. The molecule has 0 unspecified atom stereocenters. The summed E-state index contributed by atoms with van der Waals surface area (Å²) in [5.74, 6) is -0.207. The maximum Gasteiger partial charge on any atom is 0.256 e. The zero-order chi connectivity index (χ0) is 19.9. The van der Waals surface area contributed by atoms with Crippen molar-refractivity contribution in [3.63, 3.8) is 0 Å². The van der Waals surface area contributed by atoms with Crippen LogP contribution in [0.5, 0.6) is 0 Å². The average Bonchev–Trinajstić information content (AvgIpc) is 2.69. The third kappa shape index (κ3) is 5.63. The average molecular weight is 406 g/mol. The van der Waals surface area contributed by atoms with Gasteiger partial charge in [-0.3, -0.25) is 14.5 Å². The Morgan fingerprint density at radius 1 is 1.39 bits per heavy atom. The highest BCUT2D eigenvalue weighted by Gasteiger charge is 2.21. The van der Waals surface area contributed by atoms with Crippen LogP contribution in [0.4, 0.5) is 4.39 Å². The number of methoxy groups -OCH3 is 1. The Bertz CT molecular complexity index is 872. The highest BCUT2D eigenvalue weighted by Crippen LogP contribution is 2.19. The van der Waals surface area contributed by atoms with Crippen LogP contribution in [0.2, 0.25) is 0 Å². The van der Waals surface area contributed by atoms with E-state index in [2.05, 4.69) is 20.2 Å². The quantitative estimate of drug-likeness (QED) is 0.391. The smallest absolute Gasteiger partial charge is 0.256 e. The van der Waals surface area contributed by atoms with Crippen LogP contribution >= 0.6 is 11.8 Å². The lowest BCUT2D eigenvalue weighted by molar-refractivity contribution is -0.118. The summed E-state index contributed by atoms with van der Waals surface area (Å²) >= 11 is 1.21. The Balaban J connectivity index is 1.59. The number of ether oxygens (including phenoxy) is 1. The monoisotopic (exact) mass is 406 g/mol. The first kappa shape index (κ1) is 20.5. The van der Waals surface area contributed by atoms with Crippen molar-refractivity contribution in [2.45, 2.75) is 24.7 Å². The number of H-pyrrole nitrogens is 1. The molecule has 150 valence electrons. The van der Waals surface area contributed by atoms with Crippen LogP contribution in [0.15, 0.2) is 34.2 Å². The van der Waals surface area contributed by atoms with Crippen molar-refractivity contribution >= 4 is 17.7 Å². The molecule has 0 atom stereocenters. The lowest BCUT2D eigenvalue weighted by atomic mass is 10.1. The molecule has 2 heterocycles. The molecule has 0 fully saturated rings. The normalized spacial score (nSPS) is 13.9. The topological polar surface area (TPSA) is 87.3 Å². The van der Waals surface area contributed by atoms with Gasteiger partial charge in [0.15, 0.2) is 5.16 Å². The second-order valence-corrected chi connectivity index (χ2v) is 7.48. The lowest BCUT2D eigenvalue weighted by Crippen LogP contribution is -2.35. The Morgan fingerprint density at radius 2 is 2.18 bits per heavy atom. The largest absolute Gasteiger partial charge is 0.383 e. The maximum atomic E-state index is 13.0. The fraction of sp³-hybridized carbons (Fsp3) is 0.421. The highest BCUT2D eigenvalue weighted by molar-refractivity contribution is 7.99. The molecule has 0 radical (unpaired) electrons. The summed E-state index contributed by atoms with van der Waals surface area (Å²) < 4.78 is 17.9. The van der Waals surface area contributed by atoms with Crippen LogP contribution in [0, 0.1) is 5.82 Å². The van der Waals surface area contributed by atoms with E-state index in [1.165, 1.54) is 23.9 Å². The van der Waals surface area contributed by atoms with Gasteiger partial charge in [0.25, 0.3) is 5.56 Å². The second kappa shape index (κ2) is 9.81. The molecule has 0 spiro atoms. The molecule has 1 aliphatic rings. The number of hydrogen-bond donors (Lipinski definition) is 2. The SMILES string of the molecule is COCCNC(=O)CSc1nc2c(c(=O)[nH]1)CN(Cc1ccc(F)cc1)CC2. The van der Waals surface area contributed by atoms with Gasteiger partial charge in [-0.15, -0.1) is 0 Å². The van der Waals surface area contributed by atoms with Crippen molar-refractivity contribution in [3.8, 4) is 0 Å². The van der Waals surface area contributed by atoms with Crippen LogP contribution < -0.4 is 10.9 Å². The van der Waals surface area contributed by atoms with E-state index in [4.69, 9.17) is 4.74 Å². The molecule has 7 nitrogen and oxygen atoms in total. The van der Waals surface area contributed by atoms with Crippen molar-refractivity contribution in [1.82, 2.24) is 20.2 Å². The van der Waals surface area contributed by atoms with Crippen LogP contribution in [0.25, 0.3) is 0 Å². The summed E-state index contributed by atoms with van der Waals surface area (Å²) in [5.41, 5.74) is 2.26. The minimum atomic E-state index is -0.259. The number of nitrogens with zero attached hydrogens (tertiary/aromatic N) is 2. The molecule has 0 saturated carbocycles. The van der Waals surface area contributed by atoms with Crippen LogP contribution in [-0.4, -0.2) is 53.3 Å². The molecule has 1 aromatic carbocycles. The van der Waals surface area contributed by atoms with Gasteiger partial charge < -0.3 is 15.0 Å². The predicted molar refractivity (Wildman–Crippen MR) is 105 cm³/mol. The van der Waals surface area contributed by atoms with E-state index < -0.39 is 0 Å². The number of halogens is 1. The van der Waals surface area contributed by atoms with Gasteiger partial charge in [0.1, 0.15) is 5.82 Å². The molecule has 0 bridgehead atoms. The van der Waals surface area contributed by atoms with Crippen LogP contribution in [0.3, 0.4) is 0 Å². The molecule has 28 heavy (non-hydrogen) atoms. The van der Waals surface area contributed by atoms with E-state index in [0.717, 1.165) is 17.8 Å². The van der Waals surface area contributed by atoms with E-state index in [-0.39, 0.29) is 23.0 Å². The van der Waals surface area contributed by atoms with E-state index in [0.29, 0.717) is 43.4 Å². The minimum Gasteiger partial charge on any atom is -0.383 e. The van der Waals surface area contributed by atoms with Crippen molar-refractivity contribution in [2.75, 3.05) is 32.6 Å². The number of nitrogens with one attached hydrogen (secondary N) is 2. The van der Waals surface area contributed by atoms with Crippen molar-refractivity contribution < 1.29 is 13.9 Å². The molecule has 2 aromatic rings. The second-order valence-electron chi connectivity index (χ2n) is 6.51. The standard InChI is InChI=1S/C19H23FN4O3S/c1-27-9-7-21-17(25)12-28-19-22-16-6-8-24(11-15(16)18(26)23-19)10-13-2-4-14(20)5-3-13/h2-5H,6-12H2,1H3,(H,21,25)(H,22,23,26). The summed E-state index contributed by atoms with van der Waals surface area (Å²) in [6.45, 7) is 2.82. The summed E-state index contributed by atoms with van der Waals surface area (Å²) in [6, 6.07) is 6.39. The third-order valence-corrected chi connectivity index (χ3v) is 5.29. The number of aromatic amines is 1. The Labute approximate surface area is 166 Å². The molecule has 0 aliphatic carbocycles. The molecular weight excluding hydrogens is 383 g/mol. The number of carbonyl (C=O) groups is 1. The van der Waals surface area contributed by atoms with Crippen molar-refractivity contribution in [1.29, 1.82) is 0 Å². The third-order valence-electron chi connectivity index (χ3n) is 4.41. The van der Waals surface area contributed by atoms with Gasteiger partial charge in [0.05, 0.1) is 23.6 Å². The number of carbonyl (C=O) groups excluding carboxylic acids is 1. The molecule has 1 amide bonds. The maximum absolute atomic E-state index is 13.0. The number of benzene rings is 1. The Morgan fingerprint density at radius 3 is 2.93 bits per heavy atom. The van der Waals surface area contributed by atoms with Gasteiger partial charge in [-0.25, -0.2) is 9.37 Å². The van der Waals surface area contributed by atoms with Gasteiger partial charge in [-0.2, -0.15) is 0 Å². The molecule has 3 rings (SSSR count). The van der Waals surface area contributed by atoms with Crippen LogP contribution in [0.1, 0.15) is 16.8 Å². The van der Waals surface area contributed by atoms with Gasteiger partial charge in [-0.1, -0.05) is 23.9 Å². The van der Waals surface area contributed by atoms with Gasteiger partial charge in [0, 0.05) is 39.7 Å². The predicted octanol–water partition coefficient (Wildman–Crippen LogP) is 1.32. The summed E-state index contributed by atoms with van der Waals surface area (Å²) in [6.07, 6.45) is 0.661. The Kier molecular flexibility index (Phi) is 7.18. The number of fused-ring (bicyclic) bond motifs is 1. The van der Waals surface area contributed by atoms with E-state index in [9.17, 15) is 14.0 Å². The molecule has 2 N–H and O–H groups in total. The van der Waals surface area contributed by atoms with Crippen LogP contribution in [-0.2, 0) is 29.0 Å².